The first-order chi connectivity index (χ1) is 7.20. The number of nitrogens with two attached hydrogens (primary N) is 1. The van der Waals surface area contributed by atoms with E-state index >= 15 is 0 Å². The molecule has 0 saturated carbocycles. The smallest absolute Gasteiger partial charge is 0.0758 e. The van der Waals surface area contributed by atoms with Crippen LogP contribution < -0.4 is 5.73 Å². The molecule has 0 bridgehead atoms. The fourth-order valence-corrected chi connectivity index (χ4v) is 3.37. The van der Waals surface area contributed by atoms with Gasteiger partial charge >= 0.3 is 0 Å². The van der Waals surface area contributed by atoms with Crippen molar-refractivity contribution in [3.63, 3.8) is 0 Å². The number of hydrogen-bond donors (Lipinski definition) is 1. The summed E-state index contributed by atoms with van der Waals surface area (Å²) in [5.74, 6) is 0. The van der Waals surface area contributed by atoms with Gasteiger partial charge in [-0.05, 0) is 54.9 Å². The first-order valence-electron chi connectivity index (χ1n) is 4.27. The van der Waals surface area contributed by atoms with Crippen molar-refractivity contribution in [2.45, 2.75) is 6.04 Å². The summed E-state index contributed by atoms with van der Waals surface area (Å²) in [6, 6.07) is 3.63. The third-order valence-corrected chi connectivity index (χ3v) is 4.48. The van der Waals surface area contributed by atoms with Crippen LogP contribution in [0.1, 0.15) is 17.3 Å². The third-order valence-electron chi connectivity index (χ3n) is 2.06. The van der Waals surface area contributed by atoms with Gasteiger partial charge in [0.15, 0.2) is 0 Å². The second kappa shape index (κ2) is 4.74. The molecule has 0 aliphatic rings. The summed E-state index contributed by atoms with van der Waals surface area (Å²) in [7, 11) is 0. The first-order valence-corrected chi connectivity index (χ1v) is 6.80. The lowest BCUT2D eigenvalue weighted by molar-refractivity contribution is 0.822. The van der Waals surface area contributed by atoms with Gasteiger partial charge in [0.1, 0.15) is 0 Å². The fraction of sp³-hybridized carbons (Fsp3) is 0.100. The van der Waals surface area contributed by atoms with Crippen LogP contribution >= 0.6 is 43.2 Å². The molecule has 0 fully saturated rings. The highest BCUT2D eigenvalue weighted by molar-refractivity contribution is 9.10. The topological polar surface area (TPSA) is 38.9 Å². The molecule has 0 amide bonds. The van der Waals surface area contributed by atoms with E-state index in [1.165, 1.54) is 0 Å². The van der Waals surface area contributed by atoms with Crippen LogP contribution in [0.3, 0.4) is 0 Å². The minimum Gasteiger partial charge on any atom is -0.319 e. The predicted molar refractivity (Wildman–Crippen MR) is 70.0 cm³/mol. The number of pyridine rings is 1. The van der Waals surface area contributed by atoms with Crippen molar-refractivity contribution in [3.05, 3.63) is 49.3 Å². The Bertz CT molecular complexity index is 470. The maximum absolute atomic E-state index is 6.15. The molecule has 2 heterocycles. The monoisotopic (exact) mass is 346 g/mol. The van der Waals surface area contributed by atoms with E-state index in [-0.39, 0.29) is 6.04 Å². The summed E-state index contributed by atoms with van der Waals surface area (Å²) < 4.78 is 1.98. The zero-order chi connectivity index (χ0) is 10.8. The molecule has 0 saturated heterocycles. The van der Waals surface area contributed by atoms with E-state index < -0.39 is 0 Å². The van der Waals surface area contributed by atoms with Crippen molar-refractivity contribution in [1.82, 2.24) is 4.98 Å². The summed E-state index contributed by atoms with van der Waals surface area (Å²) in [6.07, 6.45) is 1.75. The third kappa shape index (κ3) is 2.30. The van der Waals surface area contributed by atoms with Crippen LogP contribution in [0.5, 0.6) is 0 Å². The van der Waals surface area contributed by atoms with Gasteiger partial charge in [0.25, 0.3) is 0 Å². The maximum atomic E-state index is 6.15. The average Bonchev–Trinajstić information content (AvgIpc) is 2.64. The Morgan fingerprint density at radius 1 is 1.27 bits per heavy atom. The van der Waals surface area contributed by atoms with Gasteiger partial charge in [-0.3, -0.25) is 4.98 Å². The Morgan fingerprint density at radius 3 is 2.67 bits per heavy atom. The molecular weight excluding hydrogens is 340 g/mol. The van der Waals surface area contributed by atoms with Crippen LogP contribution in [0.2, 0.25) is 0 Å². The average molecular weight is 348 g/mol. The number of nitrogens with zero attached hydrogens (tertiary/aromatic N) is 1. The van der Waals surface area contributed by atoms with Gasteiger partial charge in [-0.2, -0.15) is 11.3 Å². The minimum absolute atomic E-state index is 0.193. The molecule has 15 heavy (non-hydrogen) atoms. The SMILES string of the molecule is NC(c1cscc1Br)c1ncccc1Br. The molecule has 1 unspecified atom stereocenters. The minimum atomic E-state index is -0.193. The van der Waals surface area contributed by atoms with E-state index in [0.29, 0.717) is 0 Å². The van der Waals surface area contributed by atoms with Gasteiger partial charge in [-0.1, -0.05) is 0 Å². The molecule has 2 aromatic rings. The molecular formula is C10H8Br2N2S. The highest BCUT2D eigenvalue weighted by atomic mass is 79.9. The lowest BCUT2D eigenvalue weighted by atomic mass is 10.1. The largest absolute Gasteiger partial charge is 0.319 e. The van der Waals surface area contributed by atoms with E-state index in [1.807, 2.05) is 22.9 Å². The van der Waals surface area contributed by atoms with Crippen molar-refractivity contribution in [2.75, 3.05) is 0 Å². The lowest BCUT2D eigenvalue weighted by Crippen LogP contribution is -2.13. The molecule has 2 aromatic heterocycles. The molecule has 5 heteroatoms. The van der Waals surface area contributed by atoms with Crippen LogP contribution in [-0.2, 0) is 0 Å². The Morgan fingerprint density at radius 2 is 2.07 bits per heavy atom. The maximum Gasteiger partial charge on any atom is 0.0758 e. The van der Waals surface area contributed by atoms with Gasteiger partial charge in [0.05, 0.1) is 11.7 Å². The van der Waals surface area contributed by atoms with Gasteiger partial charge in [-0.15, -0.1) is 0 Å². The van der Waals surface area contributed by atoms with Crippen molar-refractivity contribution >= 4 is 43.2 Å². The molecule has 2 nitrogen and oxygen atoms in total. The number of rotatable bonds is 2. The number of hydrogen-bond acceptors (Lipinski definition) is 3. The van der Waals surface area contributed by atoms with Crippen LogP contribution in [0.25, 0.3) is 0 Å². The summed E-state index contributed by atoms with van der Waals surface area (Å²) >= 11 is 8.55. The van der Waals surface area contributed by atoms with Gasteiger partial charge < -0.3 is 5.73 Å². The predicted octanol–water partition coefficient (Wildman–Crippen LogP) is 3.72. The zero-order valence-corrected chi connectivity index (χ0v) is 11.6. The number of thiophene rings is 1. The van der Waals surface area contributed by atoms with Crippen molar-refractivity contribution in [2.24, 2.45) is 5.73 Å². The number of aromatic nitrogens is 1. The lowest BCUT2D eigenvalue weighted by Gasteiger charge is -2.11. The molecule has 2 rings (SSSR count). The molecule has 1 atom stereocenters. The highest BCUT2D eigenvalue weighted by Crippen LogP contribution is 2.31. The standard InChI is InChI=1S/C10H8Br2N2S/c11-7-2-1-3-14-10(7)9(13)6-4-15-5-8(6)12/h1-5,9H,13H2. The molecule has 0 spiro atoms. The Labute approximate surface area is 109 Å². The van der Waals surface area contributed by atoms with Crippen molar-refractivity contribution < 1.29 is 0 Å². The van der Waals surface area contributed by atoms with E-state index in [1.54, 1.807) is 17.5 Å². The summed E-state index contributed by atoms with van der Waals surface area (Å²) in [6.45, 7) is 0. The van der Waals surface area contributed by atoms with Gasteiger partial charge in [0, 0.05) is 20.5 Å². The second-order valence-corrected chi connectivity index (χ2v) is 5.48. The van der Waals surface area contributed by atoms with Gasteiger partial charge in [0.2, 0.25) is 0 Å². The molecule has 0 aliphatic heterocycles. The van der Waals surface area contributed by atoms with E-state index in [9.17, 15) is 0 Å². The quantitative estimate of drug-likeness (QED) is 0.899. The molecule has 0 radical (unpaired) electrons. The van der Waals surface area contributed by atoms with Crippen LogP contribution in [0.4, 0.5) is 0 Å². The molecule has 78 valence electrons. The fourth-order valence-electron chi connectivity index (χ4n) is 1.29. The Balaban J connectivity index is 2.41. The second-order valence-electron chi connectivity index (χ2n) is 3.02. The highest BCUT2D eigenvalue weighted by Gasteiger charge is 2.16. The Hall–Kier alpha value is -0.230. The molecule has 2 N–H and O–H groups in total. The normalized spacial score (nSPS) is 12.7. The summed E-state index contributed by atoms with van der Waals surface area (Å²) in [5.41, 5.74) is 8.07. The van der Waals surface area contributed by atoms with Crippen molar-refractivity contribution in [1.29, 1.82) is 0 Å². The van der Waals surface area contributed by atoms with Crippen LogP contribution in [0.15, 0.2) is 38.0 Å². The Kier molecular flexibility index (Phi) is 3.56. The number of halogens is 2. The van der Waals surface area contributed by atoms with E-state index in [0.717, 1.165) is 20.2 Å². The molecule has 0 aliphatic carbocycles. The molecule has 0 aromatic carbocycles. The van der Waals surface area contributed by atoms with E-state index in [4.69, 9.17) is 5.73 Å². The summed E-state index contributed by atoms with van der Waals surface area (Å²) in [5, 5.41) is 4.06. The first kappa shape index (κ1) is 11.3. The van der Waals surface area contributed by atoms with Crippen LogP contribution in [-0.4, -0.2) is 4.98 Å². The zero-order valence-electron chi connectivity index (χ0n) is 7.65. The van der Waals surface area contributed by atoms with Crippen molar-refractivity contribution in [3.8, 4) is 0 Å². The van der Waals surface area contributed by atoms with E-state index in [2.05, 4.69) is 36.8 Å². The van der Waals surface area contributed by atoms with Gasteiger partial charge in [-0.25, -0.2) is 0 Å². The van der Waals surface area contributed by atoms with Crippen LogP contribution in [0, 0.1) is 0 Å². The summed E-state index contributed by atoms with van der Waals surface area (Å²) in [4.78, 5) is 4.29.